The fourth-order valence-electron chi connectivity index (χ4n) is 2.94. The molecule has 1 N–H and O–H groups in total. The Morgan fingerprint density at radius 1 is 1.00 bits per heavy atom. The maximum atomic E-state index is 12.4. The van der Waals surface area contributed by atoms with Gasteiger partial charge in [0.1, 0.15) is 0 Å². The monoisotopic (exact) mass is 383 g/mol. The number of carbonyl (C=O) groups is 2. The molecule has 0 atom stereocenters. The minimum absolute atomic E-state index is 0.0614. The average molecular weight is 384 g/mol. The maximum Gasteiger partial charge on any atom is 0.321 e. The molecule has 0 bridgehead atoms. The van der Waals surface area contributed by atoms with E-state index in [1.807, 2.05) is 43.3 Å². The number of halogens is 1. The lowest BCUT2D eigenvalue weighted by molar-refractivity contribution is -0.127. The van der Waals surface area contributed by atoms with Gasteiger partial charge in [0.2, 0.25) is 5.91 Å². The number of anilines is 1. The van der Waals surface area contributed by atoms with Crippen molar-refractivity contribution < 1.29 is 9.59 Å². The Morgan fingerprint density at radius 3 is 2.41 bits per heavy atom. The van der Waals surface area contributed by atoms with Crippen LogP contribution in [0.5, 0.6) is 0 Å². The highest BCUT2D eigenvalue weighted by Gasteiger charge is 2.23. The van der Waals surface area contributed by atoms with E-state index in [0.29, 0.717) is 31.2 Å². The SMILES string of the molecule is Cc1cccc(NC(=O)N2CCN(C(=O)/C=C/c3cccc(Cl)c3)CC2)c1. The fourth-order valence-corrected chi connectivity index (χ4v) is 3.14. The molecule has 1 fully saturated rings. The van der Waals surface area contributed by atoms with Crippen LogP contribution in [0.3, 0.4) is 0 Å². The van der Waals surface area contributed by atoms with E-state index in [1.165, 1.54) is 0 Å². The lowest BCUT2D eigenvalue weighted by Crippen LogP contribution is -2.51. The van der Waals surface area contributed by atoms with Gasteiger partial charge in [-0.25, -0.2) is 4.79 Å². The summed E-state index contributed by atoms with van der Waals surface area (Å²) in [5.74, 6) is -0.0614. The smallest absolute Gasteiger partial charge is 0.321 e. The predicted molar refractivity (Wildman–Crippen MR) is 109 cm³/mol. The van der Waals surface area contributed by atoms with Crippen molar-refractivity contribution in [3.8, 4) is 0 Å². The molecule has 1 aliphatic heterocycles. The van der Waals surface area contributed by atoms with Gasteiger partial charge in [0.15, 0.2) is 0 Å². The zero-order valence-corrected chi connectivity index (χ0v) is 15.9. The van der Waals surface area contributed by atoms with Crippen molar-refractivity contribution >= 4 is 35.3 Å². The van der Waals surface area contributed by atoms with E-state index < -0.39 is 0 Å². The number of nitrogens with one attached hydrogen (secondary N) is 1. The first-order valence-electron chi connectivity index (χ1n) is 8.86. The van der Waals surface area contributed by atoms with E-state index in [1.54, 1.807) is 34.1 Å². The van der Waals surface area contributed by atoms with Gasteiger partial charge in [-0.2, -0.15) is 0 Å². The molecule has 0 spiro atoms. The van der Waals surface area contributed by atoms with Crippen molar-refractivity contribution in [2.45, 2.75) is 6.92 Å². The number of nitrogens with zero attached hydrogens (tertiary/aromatic N) is 2. The third kappa shape index (κ3) is 5.34. The molecule has 27 heavy (non-hydrogen) atoms. The van der Waals surface area contributed by atoms with Gasteiger partial charge in [-0.1, -0.05) is 35.9 Å². The van der Waals surface area contributed by atoms with E-state index in [0.717, 1.165) is 16.8 Å². The van der Waals surface area contributed by atoms with E-state index >= 15 is 0 Å². The number of rotatable bonds is 3. The summed E-state index contributed by atoms with van der Waals surface area (Å²) in [6.07, 6.45) is 3.30. The zero-order valence-electron chi connectivity index (χ0n) is 15.2. The van der Waals surface area contributed by atoms with Gasteiger partial charge in [-0.15, -0.1) is 0 Å². The number of piperazine rings is 1. The van der Waals surface area contributed by atoms with Crippen LogP contribution in [-0.4, -0.2) is 47.9 Å². The van der Waals surface area contributed by atoms with Gasteiger partial charge < -0.3 is 15.1 Å². The Kier molecular flexibility index (Phi) is 6.14. The van der Waals surface area contributed by atoms with E-state index in [2.05, 4.69) is 5.32 Å². The van der Waals surface area contributed by atoms with Gasteiger partial charge in [0.25, 0.3) is 0 Å². The number of hydrogen-bond acceptors (Lipinski definition) is 2. The van der Waals surface area contributed by atoms with Crippen molar-refractivity contribution in [2.24, 2.45) is 0 Å². The molecule has 1 aliphatic rings. The minimum Gasteiger partial charge on any atom is -0.336 e. The summed E-state index contributed by atoms with van der Waals surface area (Å²) in [4.78, 5) is 28.2. The van der Waals surface area contributed by atoms with Gasteiger partial charge in [-0.05, 0) is 48.4 Å². The van der Waals surface area contributed by atoms with Crippen molar-refractivity contribution in [3.63, 3.8) is 0 Å². The molecule has 0 radical (unpaired) electrons. The van der Waals surface area contributed by atoms with E-state index in [9.17, 15) is 9.59 Å². The molecule has 0 aliphatic carbocycles. The molecule has 3 amide bonds. The lowest BCUT2D eigenvalue weighted by Gasteiger charge is -2.34. The van der Waals surface area contributed by atoms with Gasteiger partial charge in [0, 0.05) is 43.0 Å². The summed E-state index contributed by atoms with van der Waals surface area (Å²) >= 11 is 5.95. The third-order valence-corrected chi connectivity index (χ3v) is 4.65. The Bertz CT molecular complexity index is 858. The second-order valence-electron chi connectivity index (χ2n) is 6.50. The summed E-state index contributed by atoms with van der Waals surface area (Å²) in [6.45, 7) is 4.03. The van der Waals surface area contributed by atoms with E-state index in [4.69, 9.17) is 11.6 Å². The number of aryl methyl sites for hydroxylation is 1. The molecule has 1 heterocycles. The van der Waals surface area contributed by atoms with Gasteiger partial charge in [0.05, 0.1) is 0 Å². The van der Waals surface area contributed by atoms with Crippen LogP contribution in [0.4, 0.5) is 10.5 Å². The van der Waals surface area contributed by atoms with Crippen molar-refractivity contribution in [1.29, 1.82) is 0 Å². The molecule has 5 nitrogen and oxygen atoms in total. The van der Waals surface area contributed by atoms with Crippen LogP contribution in [0.2, 0.25) is 5.02 Å². The molecule has 3 rings (SSSR count). The van der Waals surface area contributed by atoms with Crippen molar-refractivity contribution in [1.82, 2.24) is 9.80 Å². The molecule has 6 heteroatoms. The summed E-state index contributed by atoms with van der Waals surface area (Å²) in [5.41, 5.74) is 2.75. The van der Waals surface area contributed by atoms with Crippen LogP contribution in [0.15, 0.2) is 54.6 Å². The topological polar surface area (TPSA) is 52.7 Å². The molecule has 140 valence electrons. The molecule has 2 aromatic carbocycles. The van der Waals surface area contributed by atoms with E-state index in [-0.39, 0.29) is 11.9 Å². The first-order valence-corrected chi connectivity index (χ1v) is 9.24. The second kappa shape index (κ2) is 8.73. The van der Waals surface area contributed by atoms with Gasteiger partial charge >= 0.3 is 6.03 Å². The third-order valence-electron chi connectivity index (χ3n) is 4.41. The highest BCUT2D eigenvalue weighted by Crippen LogP contribution is 2.13. The molecular weight excluding hydrogens is 362 g/mol. The highest BCUT2D eigenvalue weighted by atomic mass is 35.5. The molecule has 0 saturated carbocycles. The normalized spacial score (nSPS) is 14.4. The van der Waals surface area contributed by atoms with Crippen LogP contribution in [0.25, 0.3) is 6.08 Å². The number of hydrogen-bond donors (Lipinski definition) is 1. The molecular formula is C21H22ClN3O2. The highest BCUT2D eigenvalue weighted by molar-refractivity contribution is 6.30. The molecule has 0 aromatic heterocycles. The summed E-state index contributed by atoms with van der Waals surface area (Å²) in [5, 5.41) is 3.54. The first kappa shape index (κ1) is 19.0. The van der Waals surface area contributed by atoms with Crippen molar-refractivity contribution in [2.75, 3.05) is 31.5 Å². The number of amides is 3. The van der Waals surface area contributed by atoms with Crippen LogP contribution in [-0.2, 0) is 4.79 Å². The lowest BCUT2D eigenvalue weighted by atomic mass is 10.2. The molecule has 1 saturated heterocycles. The quantitative estimate of drug-likeness (QED) is 0.813. The number of urea groups is 1. The summed E-state index contributed by atoms with van der Waals surface area (Å²) in [7, 11) is 0. The Balaban J connectivity index is 1.50. The number of benzene rings is 2. The maximum absolute atomic E-state index is 12.4. The predicted octanol–water partition coefficient (Wildman–Crippen LogP) is 4.04. The second-order valence-corrected chi connectivity index (χ2v) is 6.94. The minimum atomic E-state index is -0.137. The van der Waals surface area contributed by atoms with Crippen molar-refractivity contribution in [3.05, 3.63) is 70.8 Å². The zero-order chi connectivity index (χ0) is 19.2. The summed E-state index contributed by atoms with van der Waals surface area (Å²) in [6, 6.07) is 14.9. The number of carbonyl (C=O) groups excluding carboxylic acids is 2. The summed E-state index contributed by atoms with van der Waals surface area (Å²) < 4.78 is 0. The molecule has 0 unspecified atom stereocenters. The van der Waals surface area contributed by atoms with Crippen LogP contribution < -0.4 is 5.32 Å². The Morgan fingerprint density at radius 2 is 1.70 bits per heavy atom. The standard InChI is InChI=1S/C21H22ClN3O2/c1-16-4-2-7-19(14-16)23-21(27)25-12-10-24(11-13-25)20(26)9-8-17-5-3-6-18(22)15-17/h2-9,14-15H,10-13H2,1H3,(H,23,27)/b9-8+. The average Bonchev–Trinajstić information content (AvgIpc) is 2.66. The van der Waals surface area contributed by atoms with Crippen LogP contribution in [0.1, 0.15) is 11.1 Å². The first-order chi connectivity index (χ1) is 13.0. The largest absolute Gasteiger partial charge is 0.336 e. The molecule has 2 aromatic rings. The van der Waals surface area contributed by atoms with Crippen LogP contribution >= 0.6 is 11.6 Å². The fraction of sp³-hybridized carbons (Fsp3) is 0.238. The van der Waals surface area contributed by atoms with Crippen LogP contribution in [0, 0.1) is 6.92 Å². The Labute approximate surface area is 164 Å². The van der Waals surface area contributed by atoms with Gasteiger partial charge in [-0.3, -0.25) is 4.79 Å². The Hall–Kier alpha value is -2.79.